The Morgan fingerprint density at radius 2 is 1.82 bits per heavy atom. The van der Waals surface area contributed by atoms with E-state index >= 15 is 0 Å². The largest absolute Gasteiger partial charge is 0.434 e. The second kappa shape index (κ2) is 3.52. The molecule has 0 saturated carbocycles. The third-order valence-corrected chi connectivity index (χ3v) is 2.58. The molecule has 0 aliphatic carbocycles. The summed E-state index contributed by atoms with van der Waals surface area (Å²) >= 11 is 0. The molecule has 1 heterocycles. The number of nitrogens with zero attached hydrogens (tertiary/aromatic N) is 1. The molecule has 17 heavy (non-hydrogen) atoms. The van der Waals surface area contributed by atoms with E-state index in [-0.39, 0.29) is 0 Å². The van der Waals surface area contributed by atoms with Gasteiger partial charge < -0.3 is 15.9 Å². The van der Waals surface area contributed by atoms with Crippen LogP contribution in [0.1, 0.15) is 0 Å². The molecule has 3 aromatic rings. The van der Waals surface area contributed by atoms with Crippen molar-refractivity contribution < 1.29 is 4.42 Å². The van der Waals surface area contributed by atoms with Crippen LogP contribution in [0.3, 0.4) is 0 Å². The normalized spacial score (nSPS) is 10.8. The molecule has 3 rings (SSSR count). The fourth-order valence-corrected chi connectivity index (χ4v) is 1.77. The highest BCUT2D eigenvalue weighted by atomic mass is 16.3. The Kier molecular flexibility index (Phi) is 2.01. The van der Waals surface area contributed by atoms with Crippen LogP contribution in [0.4, 0.5) is 11.4 Å². The molecule has 0 fully saturated rings. The molecule has 4 heteroatoms. The molecule has 0 bridgehead atoms. The average Bonchev–Trinajstić information content (AvgIpc) is 2.74. The van der Waals surface area contributed by atoms with Crippen molar-refractivity contribution >= 4 is 22.5 Å². The van der Waals surface area contributed by atoms with Crippen molar-refractivity contribution in [3.05, 3.63) is 42.5 Å². The van der Waals surface area contributed by atoms with Gasteiger partial charge in [0.2, 0.25) is 5.89 Å². The van der Waals surface area contributed by atoms with Crippen LogP contribution in [0.25, 0.3) is 22.6 Å². The summed E-state index contributed by atoms with van der Waals surface area (Å²) < 4.78 is 5.65. The van der Waals surface area contributed by atoms with Gasteiger partial charge in [0.05, 0.1) is 5.69 Å². The maximum absolute atomic E-state index is 5.82. The molecule has 84 valence electrons. The van der Waals surface area contributed by atoms with Gasteiger partial charge >= 0.3 is 0 Å². The molecule has 0 amide bonds. The van der Waals surface area contributed by atoms with E-state index in [4.69, 9.17) is 15.9 Å². The van der Waals surface area contributed by atoms with E-state index in [0.29, 0.717) is 22.8 Å². The lowest BCUT2D eigenvalue weighted by molar-refractivity contribution is 0.621. The van der Waals surface area contributed by atoms with Crippen LogP contribution in [-0.4, -0.2) is 4.98 Å². The number of fused-ring (bicyclic) bond motifs is 1. The standard InChI is InChI=1S/C13H11N3O/c14-9-4-1-3-8(7-9)13-16-11-6-2-5-10(15)12(11)17-13/h1-7H,14-15H2. The fraction of sp³-hybridized carbons (Fsp3) is 0. The van der Waals surface area contributed by atoms with Crippen molar-refractivity contribution in [3.63, 3.8) is 0 Å². The summed E-state index contributed by atoms with van der Waals surface area (Å²) in [6, 6.07) is 12.9. The quantitative estimate of drug-likeness (QED) is 0.624. The van der Waals surface area contributed by atoms with Gasteiger partial charge in [0.25, 0.3) is 0 Å². The van der Waals surface area contributed by atoms with E-state index < -0.39 is 0 Å². The minimum absolute atomic E-state index is 0.533. The van der Waals surface area contributed by atoms with Gasteiger partial charge in [0.1, 0.15) is 5.52 Å². The summed E-state index contributed by atoms with van der Waals surface area (Å²) in [5.41, 5.74) is 15.0. The smallest absolute Gasteiger partial charge is 0.227 e. The highest BCUT2D eigenvalue weighted by Crippen LogP contribution is 2.28. The Morgan fingerprint density at radius 3 is 2.59 bits per heavy atom. The lowest BCUT2D eigenvalue weighted by Gasteiger charge is -1.96. The molecular weight excluding hydrogens is 214 g/mol. The molecule has 0 radical (unpaired) electrons. The van der Waals surface area contributed by atoms with E-state index in [1.54, 1.807) is 6.07 Å². The Labute approximate surface area is 97.9 Å². The summed E-state index contributed by atoms with van der Waals surface area (Å²) in [5, 5.41) is 0. The van der Waals surface area contributed by atoms with E-state index in [1.807, 2.05) is 36.4 Å². The molecule has 4 nitrogen and oxygen atoms in total. The van der Waals surface area contributed by atoms with Crippen molar-refractivity contribution in [2.24, 2.45) is 0 Å². The number of para-hydroxylation sites is 1. The molecule has 1 aromatic heterocycles. The summed E-state index contributed by atoms with van der Waals surface area (Å²) in [5.74, 6) is 0.533. The molecule has 0 aliphatic heterocycles. The van der Waals surface area contributed by atoms with Crippen molar-refractivity contribution in [1.82, 2.24) is 4.98 Å². The lowest BCUT2D eigenvalue weighted by Crippen LogP contribution is -1.84. The number of hydrogen-bond acceptors (Lipinski definition) is 4. The molecule has 0 aliphatic rings. The second-order valence-electron chi connectivity index (χ2n) is 3.84. The van der Waals surface area contributed by atoms with Crippen molar-refractivity contribution in [2.75, 3.05) is 11.5 Å². The number of oxazole rings is 1. The number of nitrogens with two attached hydrogens (primary N) is 2. The van der Waals surface area contributed by atoms with Crippen LogP contribution in [0.15, 0.2) is 46.9 Å². The minimum atomic E-state index is 0.533. The van der Waals surface area contributed by atoms with Gasteiger partial charge in [-0.05, 0) is 30.3 Å². The van der Waals surface area contributed by atoms with Crippen molar-refractivity contribution in [3.8, 4) is 11.5 Å². The number of benzene rings is 2. The Bertz CT molecular complexity index is 688. The third kappa shape index (κ3) is 1.59. The van der Waals surface area contributed by atoms with E-state index in [1.165, 1.54) is 0 Å². The number of hydrogen-bond donors (Lipinski definition) is 2. The Balaban J connectivity index is 2.22. The monoisotopic (exact) mass is 225 g/mol. The number of anilines is 2. The molecular formula is C13H11N3O. The van der Waals surface area contributed by atoms with Crippen LogP contribution >= 0.6 is 0 Å². The molecule has 4 N–H and O–H groups in total. The summed E-state index contributed by atoms with van der Waals surface area (Å²) in [7, 11) is 0. The average molecular weight is 225 g/mol. The first-order chi connectivity index (χ1) is 8.24. The minimum Gasteiger partial charge on any atom is -0.434 e. The van der Waals surface area contributed by atoms with E-state index in [2.05, 4.69) is 4.98 Å². The number of rotatable bonds is 1. The van der Waals surface area contributed by atoms with Crippen LogP contribution in [0.5, 0.6) is 0 Å². The number of aromatic nitrogens is 1. The summed E-state index contributed by atoms with van der Waals surface area (Å²) in [4.78, 5) is 4.38. The van der Waals surface area contributed by atoms with Crippen LogP contribution in [0, 0.1) is 0 Å². The third-order valence-electron chi connectivity index (χ3n) is 2.58. The second-order valence-corrected chi connectivity index (χ2v) is 3.84. The maximum Gasteiger partial charge on any atom is 0.227 e. The molecule has 0 spiro atoms. The summed E-state index contributed by atoms with van der Waals surface area (Å²) in [6.45, 7) is 0. The maximum atomic E-state index is 5.82. The molecule has 0 saturated heterocycles. The molecule has 0 atom stereocenters. The van der Waals surface area contributed by atoms with Gasteiger partial charge in [0, 0.05) is 11.3 Å². The predicted molar refractivity (Wildman–Crippen MR) is 68.3 cm³/mol. The van der Waals surface area contributed by atoms with Gasteiger partial charge in [-0.25, -0.2) is 4.98 Å². The van der Waals surface area contributed by atoms with E-state index in [9.17, 15) is 0 Å². The SMILES string of the molecule is Nc1cccc(-c2nc3cccc(N)c3o2)c1. The first kappa shape index (κ1) is 9.72. The van der Waals surface area contributed by atoms with Gasteiger partial charge in [0.15, 0.2) is 5.58 Å². The summed E-state index contributed by atoms with van der Waals surface area (Å²) in [6.07, 6.45) is 0. The number of nitrogen functional groups attached to an aromatic ring is 2. The van der Waals surface area contributed by atoms with Crippen LogP contribution < -0.4 is 11.5 Å². The highest BCUT2D eigenvalue weighted by molar-refractivity contribution is 5.86. The fourth-order valence-electron chi connectivity index (χ4n) is 1.77. The van der Waals surface area contributed by atoms with Gasteiger partial charge in [-0.3, -0.25) is 0 Å². The molecule has 2 aromatic carbocycles. The van der Waals surface area contributed by atoms with Gasteiger partial charge in [-0.1, -0.05) is 12.1 Å². The zero-order valence-corrected chi connectivity index (χ0v) is 9.05. The van der Waals surface area contributed by atoms with Crippen LogP contribution in [0.2, 0.25) is 0 Å². The Hall–Kier alpha value is -2.49. The van der Waals surface area contributed by atoms with Crippen molar-refractivity contribution in [2.45, 2.75) is 0 Å². The first-order valence-electron chi connectivity index (χ1n) is 5.25. The van der Waals surface area contributed by atoms with Gasteiger partial charge in [-0.2, -0.15) is 0 Å². The first-order valence-corrected chi connectivity index (χ1v) is 5.25. The Morgan fingerprint density at radius 1 is 1.00 bits per heavy atom. The van der Waals surface area contributed by atoms with Gasteiger partial charge in [-0.15, -0.1) is 0 Å². The lowest BCUT2D eigenvalue weighted by atomic mass is 10.2. The predicted octanol–water partition coefficient (Wildman–Crippen LogP) is 2.66. The zero-order chi connectivity index (χ0) is 11.8. The van der Waals surface area contributed by atoms with E-state index in [0.717, 1.165) is 11.1 Å². The van der Waals surface area contributed by atoms with Crippen LogP contribution in [-0.2, 0) is 0 Å². The zero-order valence-electron chi connectivity index (χ0n) is 9.05. The van der Waals surface area contributed by atoms with Crippen molar-refractivity contribution in [1.29, 1.82) is 0 Å². The highest BCUT2D eigenvalue weighted by Gasteiger charge is 2.09. The topological polar surface area (TPSA) is 78.1 Å². The molecule has 0 unspecified atom stereocenters.